The van der Waals surface area contributed by atoms with Crippen molar-refractivity contribution >= 4 is 0 Å². The van der Waals surface area contributed by atoms with Crippen LogP contribution in [0.1, 0.15) is 11.8 Å². The molecule has 0 N–H and O–H groups in total. The molecule has 0 amide bonds. The second kappa shape index (κ2) is 3.22. The minimum absolute atomic E-state index is 0.273. The van der Waals surface area contributed by atoms with Crippen molar-refractivity contribution in [2.75, 3.05) is 14.1 Å². The van der Waals surface area contributed by atoms with Crippen LogP contribution in [0.3, 0.4) is 0 Å². The summed E-state index contributed by atoms with van der Waals surface area (Å²) in [6.45, 7) is 0. The van der Waals surface area contributed by atoms with Crippen LogP contribution in [-0.4, -0.2) is 19.0 Å². The third kappa shape index (κ3) is 1.60. The monoisotopic (exact) mass is 150 g/mol. The van der Waals surface area contributed by atoms with Gasteiger partial charge >= 0.3 is 0 Å². The van der Waals surface area contributed by atoms with Gasteiger partial charge in [0.15, 0.2) is 6.04 Å². The fourth-order valence-electron chi connectivity index (χ4n) is 0.880. The molecule has 1 heterocycles. The van der Waals surface area contributed by atoms with Gasteiger partial charge in [0.1, 0.15) is 5.76 Å². The van der Waals surface area contributed by atoms with E-state index in [0.29, 0.717) is 5.76 Å². The lowest BCUT2D eigenvalue weighted by Crippen LogP contribution is -2.17. The van der Waals surface area contributed by atoms with Crippen LogP contribution < -0.4 is 0 Å². The van der Waals surface area contributed by atoms with Gasteiger partial charge in [-0.3, -0.25) is 4.90 Å². The molecular weight excluding hydrogens is 140 g/mol. The predicted molar refractivity (Wildman–Crippen MR) is 40.7 cm³/mol. The predicted octanol–water partition coefficient (Wildman–Crippen LogP) is 1.41. The van der Waals surface area contributed by atoms with E-state index in [0.717, 1.165) is 0 Å². The summed E-state index contributed by atoms with van der Waals surface area (Å²) in [5.41, 5.74) is 0. The van der Waals surface area contributed by atoms with Crippen molar-refractivity contribution < 1.29 is 4.42 Å². The van der Waals surface area contributed by atoms with Gasteiger partial charge in [0.2, 0.25) is 0 Å². The van der Waals surface area contributed by atoms with Crippen LogP contribution in [0.5, 0.6) is 0 Å². The molecule has 1 rings (SSSR count). The van der Waals surface area contributed by atoms with Crippen LogP contribution in [0, 0.1) is 11.3 Å². The molecule has 0 saturated carbocycles. The van der Waals surface area contributed by atoms with Crippen LogP contribution >= 0.6 is 0 Å². The second-order valence-corrected chi connectivity index (χ2v) is 2.51. The normalized spacial score (nSPS) is 12.9. The van der Waals surface area contributed by atoms with E-state index < -0.39 is 0 Å². The number of nitriles is 1. The zero-order valence-corrected chi connectivity index (χ0v) is 6.61. The summed E-state index contributed by atoms with van der Waals surface area (Å²) in [4.78, 5) is 1.80. The third-order valence-corrected chi connectivity index (χ3v) is 1.45. The Morgan fingerprint density at radius 2 is 2.36 bits per heavy atom. The van der Waals surface area contributed by atoms with Gasteiger partial charge in [0.25, 0.3) is 0 Å². The quantitative estimate of drug-likeness (QED) is 0.639. The van der Waals surface area contributed by atoms with E-state index in [9.17, 15) is 0 Å². The van der Waals surface area contributed by atoms with Gasteiger partial charge < -0.3 is 4.42 Å². The van der Waals surface area contributed by atoms with Crippen LogP contribution in [-0.2, 0) is 0 Å². The molecule has 0 aromatic carbocycles. The van der Waals surface area contributed by atoms with E-state index >= 15 is 0 Å². The van der Waals surface area contributed by atoms with Crippen molar-refractivity contribution in [3.63, 3.8) is 0 Å². The number of rotatable bonds is 2. The Morgan fingerprint density at radius 3 is 2.73 bits per heavy atom. The van der Waals surface area contributed by atoms with Crippen LogP contribution in [0.15, 0.2) is 22.8 Å². The molecule has 1 aromatic rings. The molecule has 0 fully saturated rings. The summed E-state index contributed by atoms with van der Waals surface area (Å²) >= 11 is 0. The van der Waals surface area contributed by atoms with Crippen LogP contribution in [0.25, 0.3) is 0 Å². The third-order valence-electron chi connectivity index (χ3n) is 1.45. The van der Waals surface area contributed by atoms with Gasteiger partial charge in [-0.2, -0.15) is 5.26 Å². The molecule has 0 saturated heterocycles. The van der Waals surface area contributed by atoms with Gasteiger partial charge in [0.05, 0.1) is 12.3 Å². The first-order valence-electron chi connectivity index (χ1n) is 3.35. The molecule has 0 spiro atoms. The van der Waals surface area contributed by atoms with Gasteiger partial charge in [-0.1, -0.05) is 0 Å². The standard InChI is InChI=1S/C8H10N2O/c1-10(2)7(6-9)8-4-3-5-11-8/h3-5,7H,1-2H3. The molecule has 11 heavy (non-hydrogen) atoms. The molecule has 0 radical (unpaired) electrons. The van der Waals surface area contributed by atoms with Crippen LogP contribution in [0.2, 0.25) is 0 Å². The largest absolute Gasteiger partial charge is 0.467 e. The molecule has 3 nitrogen and oxygen atoms in total. The smallest absolute Gasteiger partial charge is 0.156 e. The summed E-state index contributed by atoms with van der Waals surface area (Å²) in [6, 6.07) is 5.44. The van der Waals surface area contributed by atoms with E-state index in [1.54, 1.807) is 23.3 Å². The Bertz CT molecular complexity index is 246. The lowest BCUT2D eigenvalue weighted by Gasteiger charge is -2.13. The zero-order chi connectivity index (χ0) is 8.27. The number of hydrogen-bond donors (Lipinski definition) is 0. The molecule has 1 atom stereocenters. The summed E-state index contributed by atoms with van der Waals surface area (Å²) in [5, 5.41) is 8.72. The molecule has 58 valence electrons. The van der Waals surface area contributed by atoms with E-state index in [4.69, 9.17) is 9.68 Å². The molecule has 0 aliphatic heterocycles. The first kappa shape index (κ1) is 7.83. The first-order valence-corrected chi connectivity index (χ1v) is 3.35. The Balaban J connectivity index is 2.82. The fourth-order valence-corrected chi connectivity index (χ4v) is 0.880. The van der Waals surface area contributed by atoms with Crippen molar-refractivity contribution in [2.24, 2.45) is 0 Å². The van der Waals surface area contributed by atoms with E-state index in [-0.39, 0.29) is 6.04 Å². The van der Waals surface area contributed by atoms with Gasteiger partial charge in [-0.05, 0) is 26.2 Å². The highest BCUT2D eigenvalue weighted by Gasteiger charge is 2.14. The molecular formula is C8H10N2O. The topological polar surface area (TPSA) is 40.2 Å². The summed E-state index contributed by atoms with van der Waals surface area (Å²) in [6.07, 6.45) is 1.57. The highest BCUT2D eigenvalue weighted by Crippen LogP contribution is 2.16. The Kier molecular flexibility index (Phi) is 2.29. The van der Waals surface area contributed by atoms with Crippen molar-refractivity contribution in [2.45, 2.75) is 6.04 Å². The molecule has 0 bridgehead atoms. The maximum Gasteiger partial charge on any atom is 0.156 e. The lowest BCUT2D eigenvalue weighted by atomic mass is 10.2. The first-order chi connectivity index (χ1) is 5.25. The molecule has 3 heteroatoms. The Hall–Kier alpha value is -1.27. The molecule has 1 aromatic heterocycles. The van der Waals surface area contributed by atoms with Gasteiger partial charge in [-0.15, -0.1) is 0 Å². The van der Waals surface area contributed by atoms with E-state index in [2.05, 4.69) is 6.07 Å². The number of hydrogen-bond acceptors (Lipinski definition) is 3. The SMILES string of the molecule is CN(C)C(C#N)c1ccco1. The molecule has 1 unspecified atom stereocenters. The highest BCUT2D eigenvalue weighted by molar-refractivity contribution is 5.11. The Morgan fingerprint density at radius 1 is 1.64 bits per heavy atom. The summed E-state index contributed by atoms with van der Waals surface area (Å²) < 4.78 is 5.08. The summed E-state index contributed by atoms with van der Waals surface area (Å²) in [5.74, 6) is 0.692. The fraction of sp³-hybridized carbons (Fsp3) is 0.375. The maximum atomic E-state index is 8.72. The zero-order valence-electron chi connectivity index (χ0n) is 6.61. The highest BCUT2D eigenvalue weighted by atomic mass is 16.3. The maximum absolute atomic E-state index is 8.72. The summed E-state index contributed by atoms with van der Waals surface area (Å²) in [7, 11) is 3.69. The Labute approximate surface area is 65.8 Å². The van der Waals surface area contributed by atoms with Crippen molar-refractivity contribution in [1.29, 1.82) is 5.26 Å². The average Bonchev–Trinajstić information content (AvgIpc) is 2.40. The lowest BCUT2D eigenvalue weighted by molar-refractivity contribution is 0.311. The number of nitrogens with zero attached hydrogens (tertiary/aromatic N) is 2. The molecule has 0 aliphatic rings. The van der Waals surface area contributed by atoms with E-state index in [1.807, 2.05) is 14.1 Å². The van der Waals surface area contributed by atoms with E-state index in [1.165, 1.54) is 0 Å². The van der Waals surface area contributed by atoms with Gasteiger partial charge in [-0.25, -0.2) is 0 Å². The van der Waals surface area contributed by atoms with Crippen molar-refractivity contribution in [3.05, 3.63) is 24.2 Å². The van der Waals surface area contributed by atoms with Crippen molar-refractivity contribution in [3.8, 4) is 6.07 Å². The van der Waals surface area contributed by atoms with Crippen LogP contribution in [0.4, 0.5) is 0 Å². The van der Waals surface area contributed by atoms with Crippen molar-refractivity contribution in [1.82, 2.24) is 4.90 Å². The molecule has 0 aliphatic carbocycles. The minimum Gasteiger partial charge on any atom is -0.467 e. The van der Waals surface area contributed by atoms with Gasteiger partial charge in [0, 0.05) is 0 Å². The average molecular weight is 150 g/mol. The minimum atomic E-state index is -0.273. The number of furan rings is 1. The second-order valence-electron chi connectivity index (χ2n) is 2.51.